The average Bonchev–Trinajstić information content (AvgIpc) is 2.28. The van der Waals surface area contributed by atoms with E-state index in [-0.39, 0.29) is 0 Å². The SMILES string of the molecule is CC[C@@H](C)CNCC1(S(C)(=O)=O)CCOCC1. The van der Waals surface area contributed by atoms with Gasteiger partial charge in [0.05, 0.1) is 4.75 Å². The van der Waals surface area contributed by atoms with Gasteiger partial charge in [-0.15, -0.1) is 0 Å². The smallest absolute Gasteiger partial charge is 0.154 e. The van der Waals surface area contributed by atoms with Crippen molar-refractivity contribution in [1.82, 2.24) is 5.32 Å². The van der Waals surface area contributed by atoms with E-state index in [1.165, 1.54) is 6.26 Å². The molecule has 1 heterocycles. The number of hydrogen-bond donors (Lipinski definition) is 1. The fourth-order valence-corrected chi connectivity index (χ4v) is 3.39. The first-order chi connectivity index (χ1) is 7.91. The number of sulfone groups is 1. The van der Waals surface area contributed by atoms with Crippen molar-refractivity contribution in [1.29, 1.82) is 0 Å². The monoisotopic (exact) mass is 263 g/mol. The van der Waals surface area contributed by atoms with E-state index in [9.17, 15) is 8.42 Å². The summed E-state index contributed by atoms with van der Waals surface area (Å²) in [7, 11) is -3.03. The molecule has 0 aromatic heterocycles. The van der Waals surface area contributed by atoms with Crippen LogP contribution >= 0.6 is 0 Å². The maximum absolute atomic E-state index is 12.0. The highest BCUT2D eigenvalue weighted by Crippen LogP contribution is 2.28. The van der Waals surface area contributed by atoms with Crippen LogP contribution in [0.15, 0.2) is 0 Å². The summed E-state index contributed by atoms with van der Waals surface area (Å²) < 4.78 is 28.6. The lowest BCUT2D eigenvalue weighted by atomic mass is 9.98. The predicted octanol–water partition coefficient (Wildman–Crippen LogP) is 1.22. The molecule has 1 N–H and O–H groups in total. The van der Waals surface area contributed by atoms with Crippen molar-refractivity contribution < 1.29 is 13.2 Å². The van der Waals surface area contributed by atoms with E-state index in [0.717, 1.165) is 13.0 Å². The lowest BCUT2D eigenvalue weighted by molar-refractivity contribution is 0.0743. The third-order valence-corrected chi connectivity index (χ3v) is 5.95. The molecule has 1 atom stereocenters. The third-order valence-electron chi connectivity index (χ3n) is 3.83. The van der Waals surface area contributed by atoms with E-state index in [0.29, 0.717) is 38.5 Å². The van der Waals surface area contributed by atoms with Crippen LogP contribution in [0.3, 0.4) is 0 Å². The Morgan fingerprint density at radius 2 is 1.94 bits per heavy atom. The number of hydrogen-bond acceptors (Lipinski definition) is 4. The van der Waals surface area contributed by atoms with Crippen molar-refractivity contribution in [2.75, 3.05) is 32.6 Å². The Labute approximate surface area is 105 Å². The normalized spacial score (nSPS) is 22.3. The van der Waals surface area contributed by atoms with Gasteiger partial charge in [0.15, 0.2) is 9.84 Å². The van der Waals surface area contributed by atoms with Crippen molar-refractivity contribution >= 4 is 9.84 Å². The van der Waals surface area contributed by atoms with Crippen molar-refractivity contribution in [3.8, 4) is 0 Å². The molecule has 0 radical (unpaired) electrons. The molecule has 0 bridgehead atoms. The van der Waals surface area contributed by atoms with E-state index in [2.05, 4.69) is 19.2 Å². The largest absolute Gasteiger partial charge is 0.381 e. The average molecular weight is 263 g/mol. The van der Waals surface area contributed by atoms with Gasteiger partial charge in [0, 0.05) is 26.0 Å². The molecule has 1 aliphatic rings. The molecule has 1 fully saturated rings. The lowest BCUT2D eigenvalue weighted by Crippen LogP contribution is -2.51. The van der Waals surface area contributed by atoms with E-state index in [4.69, 9.17) is 4.74 Å². The molecule has 17 heavy (non-hydrogen) atoms. The molecule has 0 amide bonds. The Balaban J connectivity index is 2.59. The van der Waals surface area contributed by atoms with Gasteiger partial charge in [-0.3, -0.25) is 0 Å². The van der Waals surface area contributed by atoms with Crippen LogP contribution in [0, 0.1) is 5.92 Å². The van der Waals surface area contributed by atoms with Crippen LogP contribution in [0.4, 0.5) is 0 Å². The Hall–Kier alpha value is -0.130. The van der Waals surface area contributed by atoms with Crippen molar-refractivity contribution in [3.63, 3.8) is 0 Å². The van der Waals surface area contributed by atoms with Gasteiger partial charge >= 0.3 is 0 Å². The minimum Gasteiger partial charge on any atom is -0.381 e. The van der Waals surface area contributed by atoms with Gasteiger partial charge in [-0.2, -0.15) is 0 Å². The second kappa shape index (κ2) is 6.16. The number of nitrogens with one attached hydrogen (secondary N) is 1. The summed E-state index contributed by atoms with van der Waals surface area (Å²) >= 11 is 0. The molecule has 1 rings (SSSR count). The summed E-state index contributed by atoms with van der Waals surface area (Å²) in [4.78, 5) is 0. The van der Waals surface area contributed by atoms with E-state index >= 15 is 0 Å². The van der Waals surface area contributed by atoms with Crippen molar-refractivity contribution in [2.24, 2.45) is 5.92 Å². The summed E-state index contributed by atoms with van der Waals surface area (Å²) in [6.07, 6.45) is 3.68. The van der Waals surface area contributed by atoms with Crippen LogP contribution in [0.5, 0.6) is 0 Å². The highest BCUT2D eigenvalue weighted by Gasteiger charge is 2.41. The van der Waals surface area contributed by atoms with Crippen LogP contribution in [0.1, 0.15) is 33.1 Å². The minimum absolute atomic E-state index is 0.554. The highest BCUT2D eigenvalue weighted by molar-refractivity contribution is 7.92. The molecule has 5 heteroatoms. The molecule has 0 aromatic rings. The van der Waals surface area contributed by atoms with E-state index in [1.54, 1.807) is 0 Å². The second-order valence-electron chi connectivity index (χ2n) is 5.21. The summed E-state index contributed by atoms with van der Waals surface area (Å²) in [5.41, 5.74) is 0. The number of ether oxygens (including phenoxy) is 1. The van der Waals surface area contributed by atoms with Gasteiger partial charge in [-0.1, -0.05) is 20.3 Å². The van der Waals surface area contributed by atoms with Gasteiger partial charge in [0.25, 0.3) is 0 Å². The fourth-order valence-electron chi connectivity index (χ4n) is 2.11. The summed E-state index contributed by atoms with van der Waals surface area (Å²) in [5.74, 6) is 0.589. The summed E-state index contributed by atoms with van der Waals surface area (Å²) in [5, 5.41) is 3.32. The van der Waals surface area contributed by atoms with Crippen molar-refractivity contribution in [3.05, 3.63) is 0 Å². The maximum atomic E-state index is 12.0. The molecule has 4 nitrogen and oxygen atoms in total. The van der Waals surface area contributed by atoms with Gasteiger partial charge in [0.1, 0.15) is 0 Å². The van der Waals surface area contributed by atoms with Gasteiger partial charge in [-0.05, 0) is 25.3 Å². The quantitative estimate of drug-likeness (QED) is 0.783. The molecule has 0 aliphatic carbocycles. The van der Waals surface area contributed by atoms with Crippen LogP contribution in [0.2, 0.25) is 0 Å². The maximum Gasteiger partial charge on any atom is 0.154 e. The second-order valence-corrected chi connectivity index (χ2v) is 7.62. The van der Waals surface area contributed by atoms with Gasteiger partial charge in [-0.25, -0.2) is 8.42 Å². The predicted molar refractivity (Wildman–Crippen MR) is 70.0 cm³/mol. The van der Waals surface area contributed by atoms with E-state index < -0.39 is 14.6 Å². The molecule has 1 saturated heterocycles. The number of rotatable bonds is 6. The zero-order valence-electron chi connectivity index (χ0n) is 11.2. The molecule has 0 spiro atoms. The molecular weight excluding hydrogens is 238 g/mol. The molecule has 0 unspecified atom stereocenters. The van der Waals surface area contributed by atoms with Crippen LogP contribution in [-0.2, 0) is 14.6 Å². The zero-order chi connectivity index (χ0) is 12.9. The van der Waals surface area contributed by atoms with Crippen LogP contribution in [0.25, 0.3) is 0 Å². The fraction of sp³-hybridized carbons (Fsp3) is 1.00. The van der Waals surface area contributed by atoms with E-state index in [1.807, 2.05) is 0 Å². The van der Waals surface area contributed by atoms with Crippen LogP contribution < -0.4 is 5.32 Å². The Kier molecular flexibility index (Phi) is 5.41. The Morgan fingerprint density at radius 1 is 1.35 bits per heavy atom. The first-order valence-electron chi connectivity index (χ1n) is 6.39. The van der Waals surface area contributed by atoms with Gasteiger partial charge < -0.3 is 10.1 Å². The first kappa shape index (κ1) is 14.9. The molecule has 102 valence electrons. The molecule has 1 aliphatic heterocycles. The lowest BCUT2D eigenvalue weighted by Gasteiger charge is -2.35. The topological polar surface area (TPSA) is 55.4 Å². The minimum atomic E-state index is -3.03. The van der Waals surface area contributed by atoms with Crippen molar-refractivity contribution in [2.45, 2.75) is 37.9 Å². The molecule has 0 saturated carbocycles. The molecular formula is C12H25NO3S. The zero-order valence-corrected chi connectivity index (χ0v) is 12.0. The third kappa shape index (κ3) is 3.93. The van der Waals surface area contributed by atoms with Crippen LogP contribution in [-0.4, -0.2) is 45.7 Å². The standard InChI is InChI=1S/C12H25NO3S/c1-4-11(2)9-13-10-12(17(3,14)15)5-7-16-8-6-12/h11,13H,4-10H2,1-3H3/t11-/m1/s1. The Morgan fingerprint density at radius 3 is 2.41 bits per heavy atom. The summed E-state index contributed by atoms with van der Waals surface area (Å²) in [6.45, 7) is 6.86. The molecule has 0 aromatic carbocycles. The Bertz CT molecular complexity index is 321. The highest BCUT2D eigenvalue weighted by atomic mass is 32.2. The van der Waals surface area contributed by atoms with Gasteiger partial charge in [0.2, 0.25) is 0 Å². The summed E-state index contributed by atoms with van der Waals surface area (Å²) in [6, 6.07) is 0. The first-order valence-corrected chi connectivity index (χ1v) is 8.28.